The summed E-state index contributed by atoms with van der Waals surface area (Å²) >= 11 is 6.04. The van der Waals surface area contributed by atoms with E-state index in [0.717, 1.165) is 25.1 Å². The van der Waals surface area contributed by atoms with Gasteiger partial charge in [0.2, 0.25) is 11.2 Å². The molecular weight excluding hydrogens is 364 g/mol. The first-order valence-electron chi connectivity index (χ1n) is 9.43. The van der Waals surface area contributed by atoms with E-state index in [0.29, 0.717) is 18.7 Å². The maximum Gasteiger partial charge on any atom is 0.247 e. The van der Waals surface area contributed by atoms with Crippen molar-refractivity contribution in [3.63, 3.8) is 0 Å². The molecule has 2 aliphatic rings. The van der Waals surface area contributed by atoms with Crippen LogP contribution in [0.5, 0.6) is 0 Å². The number of carbonyl (C=O) groups excluding carboxylic acids is 1. The van der Waals surface area contributed by atoms with Crippen molar-refractivity contribution in [2.24, 2.45) is 0 Å². The molecule has 3 atom stereocenters. The largest absolute Gasteiger partial charge is 0.373 e. The van der Waals surface area contributed by atoms with Crippen molar-refractivity contribution in [1.29, 1.82) is 0 Å². The first kappa shape index (κ1) is 18.2. The van der Waals surface area contributed by atoms with Crippen molar-refractivity contribution in [3.05, 3.63) is 47.4 Å². The van der Waals surface area contributed by atoms with Gasteiger partial charge in [0, 0.05) is 6.04 Å². The molecule has 1 aromatic heterocycles. The number of hydrogen-bond donors (Lipinski definition) is 1. The molecule has 1 aliphatic carbocycles. The highest BCUT2D eigenvalue weighted by atomic mass is 35.5. The summed E-state index contributed by atoms with van der Waals surface area (Å²) in [5.41, 5.74) is 1.80. The molecule has 1 aliphatic heterocycles. The van der Waals surface area contributed by atoms with Crippen molar-refractivity contribution in [2.75, 3.05) is 10.2 Å². The predicted molar refractivity (Wildman–Crippen MR) is 105 cm³/mol. The second kappa shape index (κ2) is 7.82. The van der Waals surface area contributed by atoms with Crippen LogP contribution in [0.3, 0.4) is 0 Å². The van der Waals surface area contributed by atoms with E-state index in [2.05, 4.69) is 32.3 Å². The molecule has 27 heavy (non-hydrogen) atoms. The number of rotatable bonds is 5. The predicted octanol–water partition coefficient (Wildman–Crippen LogP) is 3.81. The lowest BCUT2D eigenvalue weighted by atomic mass is 10.0. The normalized spacial score (nSPS) is 24.6. The Morgan fingerprint density at radius 1 is 1.30 bits per heavy atom. The molecule has 1 N–H and O–H groups in total. The van der Waals surface area contributed by atoms with Gasteiger partial charge in [-0.25, -0.2) is 4.98 Å². The molecule has 1 amide bonds. The van der Waals surface area contributed by atoms with Gasteiger partial charge < -0.3 is 15.0 Å². The van der Waals surface area contributed by atoms with E-state index < -0.39 is 0 Å². The summed E-state index contributed by atoms with van der Waals surface area (Å²) in [6.07, 6.45) is 5.28. The zero-order valence-electron chi connectivity index (χ0n) is 15.3. The summed E-state index contributed by atoms with van der Waals surface area (Å²) in [6, 6.07) is 10.1. The van der Waals surface area contributed by atoms with Crippen LogP contribution >= 0.6 is 11.6 Å². The topological polar surface area (TPSA) is 67.4 Å². The molecule has 1 aromatic carbocycles. The molecule has 4 rings (SSSR count). The fourth-order valence-corrected chi connectivity index (χ4v) is 4.18. The van der Waals surface area contributed by atoms with Gasteiger partial charge in [-0.15, -0.1) is 0 Å². The number of aromatic nitrogens is 2. The minimum absolute atomic E-state index is 0.00965. The Balaban J connectivity index is 1.50. The average molecular weight is 387 g/mol. The van der Waals surface area contributed by atoms with Gasteiger partial charge in [-0.2, -0.15) is 4.98 Å². The highest BCUT2D eigenvalue weighted by Gasteiger charge is 2.40. The van der Waals surface area contributed by atoms with Crippen LogP contribution in [0.2, 0.25) is 5.28 Å². The Hall–Kier alpha value is -2.18. The number of amides is 1. The molecule has 142 valence electrons. The van der Waals surface area contributed by atoms with E-state index in [1.807, 2.05) is 25.1 Å². The molecular formula is C20H23ClN4O2. The van der Waals surface area contributed by atoms with E-state index in [-0.39, 0.29) is 29.4 Å². The van der Waals surface area contributed by atoms with Crippen molar-refractivity contribution in [3.8, 4) is 0 Å². The Labute approximate surface area is 163 Å². The van der Waals surface area contributed by atoms with Gasteiger partial charge in [-0.3, -0.25) is 4.79 Å². The van der Waals surface area contributed by atoms with E-state index in [9.17, 15) is 4.79 Å². The molecule has 2 heterocycles. The molecule has 6 nitrogen and oxygen atoms in total. The fourth-order valence-electron chi connectivity index (χ4n) is 4.05. The van der Waals surface area contributed by atoms with Gasteiger partial charge in [0.25, 0.3) is 0 Å². The van der Waals surface area contributed by atoms with E-state index in [1.165, 1.54) is 5.56 Å². The molecule has 2 unspecified atom stereocenters. The highest BCUT2D eigenvalue weighted by Crippen LogP contribution is 2.38. The fraction of sp³-hybridized carbons (Fsp3) is 0.450. The molecule has 0 bridgehead atoms. The molecule has 2 aromatic rings. The number of nitrogens with zero attached hydrogens (tertiary/aromatic N) is 3. The molecule has 7 heteroatoms. The highest BCUT2D eigenvalue weighted by molar-refractivity contribution is 6.28. The number of halogens is 1. The number of benzene rings is 1. The Morgan fingerprint density at radius 2 is 2.11 bits per heavy atom. The SMILES string of the molecule is CC[C@@H]1C(=O)Nc2cnc(Cl)nc2N1C1CCC(OCc2ccccc2)C1. The van der Waals surface area contributed by atoms with Gasteiger partial charge in [0.15, 0.2) is 5.82 Å². The van der Waals surface area contributed by atoms with Gasteiger partial charge >= 0.3 is 0 Å². The maximum absolute atomic E-state index is 12.6. The molecule has 1 fully saturated rings. The minimum Gasteiger partial charge on any atom is -0.373 e. The van der Waals surface area contributed by atoms with Crippen LogP contribution in [0.4, 0.5) is 11.5 Å². The Kier molecular flexibility index (Phi) is 5.27. The number of nitrogens with one attached hydrogen (secondary N) is 1. The number of anilines is 2. The monoisotopic (exact) mass is 386 g/mol. The van der Waals surface area contributed by atoms with E-state index in [1.54, 1.807) is 6.20 Å². The second-order valence-corrected chi connectivity index (χ2v) is 7.42. The standard InChI is InChI=1S/C20H23ClN4O2/c1-2-17-19(26)23-16-11-22-20(21)24-18(16)25(17)14-8-9-15(10-14)27-12-13-6-4-3-5-7-13/h3-7,11,14-15,17H,2,8-10,12H2,1H3,(H,23,26)/t14?,15?,17-/m1/s1. The summed E-state index contributed by atoms with van der Waals surface area (Å²) in [4.78, 5) is 23.1. The third-order valence-electron chi connectivity index (χ3n) is 5.35. The van der Waals surface area contributed by atoms with E-state index >= 15 is 0 Å². The number of hydrogen-bond acceptors (Lipinski definition) is 5. The van der Waals surface area contributed by atoms with Crippen molar-refractivity contribution in [1.82, 2.24) is 9.97 Å². The zero-order valence-corrected chi connectivity index (χ0v) is 16.0. The molecule has 0 spiro atoms. The van der Waals surface area contributed by atoms with Crippen LogP contribution in [-0.4, -0.2) is 34.1 Å². The summed E-state index contributed by atoms with van der Waals surface area (Å²) in [5.74, 6) is 0.708. The van der Waals surface area contributed by atoms with Crippen LogP contribution in [0.1, 0.15) is 38.2 Å². The average Bonchev–Trinajstić information content (AvgIpc) is 3.15. The first-order valence-corrected chi connectivity index (χ1v) is 9.80. The van der Waals surface area contributed by atoms with E-state index in [4.69, 9.17) is 16.3 Å². The van der Waals surface area contributed by atoms with Crippen LogP contribution in [0.25, 0.3) is 0 Å². The quantitative estimate of drug-likeness (QED) is 0.791. The van der Waals surface area contributed by atoms with Gasteiger partial charge in [0.1, 0.15) is 11.7 Å². The third-order valence-corrected chi connectivity index (χ3v) is 5.53. The van der Waals surface area contributed by atoms with Crippen LogP contribution < -0.4 is 10.2 Å². The lowest BCUT2D eigenvalue weighted by Crippen LogP contribution is -2.52. The van der Waals surface area contributed by atoms with Crippen LogP contribution in [0.15, 0.2) is 36.5 Å². The second-order valence-electron chi connectivity index (χ2n) is 7.08. The van der Waals surface area contributed by atoms with Gasteiger partial charge in [0.05, 0.1) is 18.9 Å². The van der Waals surface area contributed by atoms with Gasteiger partial charge in [-0.05, 0) is 42.8 Å². The van der Waals surface area contributed by atoms with Crippen LogP contribution in [-0.2, 0) is 16.1 Å². The van der Waals surface area contributed by atoms with Crippen molar-refractivity contribution in [2.45, 2.75) is 57.4 Å². The minimum atomic E-state index is -0.249. The van der Waals surface area contributed by atoms with Crippen LogP contribution in [0, 0.1) is 0 Å². The summed E-state index contributed by atoms with van der Waals surface area (Å²) in [7, 11) is 0. The van der Waals surface area contributed by atoms with Gasteiger partial charge in [-0.1, -0.05) is 37.3 Å². The number of ether oxygens (including phenoxy) is 1. The summed E-state index contributed by atoms with van der Waals surface area (Å²) in [6.45, 7) is 2.63. The molecule has 0 radical (unpaired) electrons. The maximum atomic E-state index is 12.6. The summed E-state index contributed by atoms with van der Waals surface area (Å²) < 4.78 is 6.13. The third kappa shape index (κ3) is 3.77. The number of fused-ring (bicyclic) bond motifs is 1. The number of carbonyl (C=O) groups is 1. The lowest BCUT2D eigenvalue weighted by Gasteiger charge is -2.40. The van der Waals surface area contributed by atoms with Crippen molar-refractivity contribution >= 4 is 29.0 Å². The van der Waals surface area contributed by atoms with Crippen molar-refractivity contribution < 1.29 is 9.53 Å². The Morgan fingerprint density at radius 3 is 2.89 bits per heavy atom. The molecule has 1 saturated carbocycles. The smallest absolute Gasteiger partial charge is 0.247 e. The Bertz CT molecular complexity index is 817. The lowest BCUT2D eigenvalue weighted by molar-refractivity contribution is -0.118. The molecule has 0 saturated heterocycles. The zero-order chi connectivity index (χ0) is 18.8. The summed E-state index contributed by atoms with van der Waals surface area (Å²) in [5, 5.41) is 3.10. The first-order chi connectivity index (χ1) is 13.2.